The van der Waals surface area contributed by atoms with Gasteiger partial charge in [0.25, 0.3) is 0 Å². The van der Waals surface area contributed by atoms with Gasteiger partial charge in [-0.05, 0) is 37.8 Å². The number of hydrogen-bond donors (Lipinski definition) is 1. The Morgan fingerprint density at radius 2 is 1.91 bits per heavy atom. The molecule has 2 amide bonds. The fraction of sp³-hybridized carbons (Fsp3) is 0.579. The lowest BCUT2D eigenvalue weighted by atomic mass is 10.1. The minimum atomic E-state index is 0.0695. The van der Waals surface area contributed by atoms with Crippen LogP contribution in [-0.2, 0) is 22.4 Å². The molecule has 1 atom stereocenters. The van der Waals surface area contributed by atoms with Crippen LogP contribution in [0.25, 0.3) is 0 Å². The molecular weight excluding hydrogens is 288 g/mol. The number of aryl methyl sites for hydroxylation is 2. The van der Waals surface area contributed by atoms with Crippen LogP contribution in [0.2, 0.25) is 0 Å². The van der Waals surface area contributed by atoms with E-state index in [2.05, 4.69) is 36.5 Å². The maximum absolute atomic E-state index is 12.0. The summed E-state index contributed by atoms with van der Waals surface area (Å²) in [6.07, 6.45) is 2.85. The SMILES string of the molecule is CCc1ccc(CCC(=O)NCC2CC(=O)N(C(C)C)C2)cc1. The number of hydrogen-bond acceptors (Lipinski definition) is 2. The summed E-state index contributed by atoms with van der Waals surface area (Å²) < 4.78 is 0. The summed E-state index contributed by atoms with van der Waals surface area (Å²) in [6.45, 7) is 7.56. The molecule has 0 bridgehead atoms. The van der Waals surface area contributed by atoms with Crippen LogP contribution in [0.4, 0.5) is 0 Å². The Balaban J connectivity index is 1.70. The predicted octanol–water partition coefficient (Wildman–Crippen LogP) is 2.55. The molecular formula is C19H28N2O2. The molecule has 1 aliphatic heterocycles. The Morgan fingerprint density at radius 3 is 2.48 bits per heavy atom. The van der Waals surface area contributed by atoms with Gasteiger partial charge in [0.1, 0.15) is 0 Å². The second kappa shape index (κ2) is 8.14. The first kappa shape index (κ1) is 17.5. The lowest BCUT2D eigenvalue weighted by Gasteiger charge is -2.21. The highest BCUT2D eigenvalue weighted by Gasteiger charge is 2.30. The van der Waals surface area contributed by atoms with Crippen molar-refractivity contribution in [2.24, 2.45) is 5.92 Å². The van der Waals surface area contributed by atoms with Crippen molar-refractivity contribution in [3.05, 3.63) is 35.4 Å². The second-order valence-electron chi connectivity index (χ2n) is 6.68. The van der Waals surface area contributed by atoms with Crippen LogP contribution in [0.1, 0.15) is 44.7 Å². The van der Waals surface area contributed by atoms with Gasteiger partial charge in [-0.25, -0.2) is 0 Å². The largest absolute Gasteiger partial charge is 0.356 e. The maximum Gasteiger partial charge on any atom is 0.223 e. The molecule has 1 aliphatic rings. The van der Waals surface area contributed by atoms with Gasteiger partial charge in [0.05, 0.1) is 0 Å². The molecule has 1 heterocycles. The molecule has 0 spiro atoms. The van der Waals surface area contributed by atoms with E-state index in [9.17, 15) is 9.59 Å². The first-order chi connectivity index (χ1) is 11.0. The number of amides is 2. The Bertz CT molecular complexity index is 537. The first-order valence-corrected chi connectivity index (χ1v) is 8.63. The number of likely N-dealkylation sites (tertiary alicyclic amines) is 1. The molecule has 1 aromatic carbocycles. The van der Waals surface area contributed by atoms with E-state index in [4.69, 9.17) is 0 Å². The number of benzene rings is 1. The molecule has 1 fully saturated rings. The maximum atomic E-state index is 12.0. The zero-order valence-electron chi connectivity index (χ0n) is 14.5. The third-order valence-electron chi connectivity index (χ3n) is 4.52. The molecule has 1 unspecified atom stereocenters. The van der Waals surface area contributed by atoms with Crippen LogP contribution in [0, 0.1) is 5.92 Å². The standard InChI is InChI=1S/C19H28N2O2/c1-4-15-5-7-16(8-6-15)9-10-18(22)20-12-17-11-19(23)21(13-17)14(2)3/h5-8,14,17H,4,9-13H2,1-3H3,(H,20,22). The number of rotatable bonds is 7. The summed E-state index contributed by atoms with van der Waals surface area (Å²) >= 11 is 0. The lowest BCUT2D eigenvalue weighted by molar-refractivity contribution is -0.129. The summed E-state index contributed by atoms with van der Waals surface area (Å²) in [5.41, 5.74) is 2.51. The summed E-state index contributed by atoms with van der Waals surface area (Å²) in [5, 5.41) is 2.98. The van der Waals surface area contributed by atoms with E-state index in [0.29, 0.717) is 19.4 Å². The Hall–Kier alpha value is -1.84. The normalized spacial score (nSPS) is 17.8. The quantitative estimate of drug-likeness (QED) is 0.840. The van der Waals surface area contributed by atoms with Gasteiger partial charge in [-0.1, -0.05) is 31.2 Å². The number of nitrogens with zero attached hydrogens (tertiary/aromatic N) is 1. The molecule has 0 saturated carbocycles. The van der Waals surface area contributed by atoms with E-state index in [1.165, 1.54) is 11.1 Å². The van der Waals surface area contributed by atoms with Crippen LogP contribution < -0.4 is 5.32 Å². The number of carbonyl (C=O) groups excluding carboxylic acids is 2. The Kier molecular flexibility index (Phi) is 6.20. The third-order valence-corrected chi connectivity index (χ3v) is 4.52. The highest BCUT2D eigenvalue weighted by Crippen LogP contribution is 2.19. The molecule has 126 valence electrons. The van der Waals surface area contributed by atoms with Crippen molar-refractivity contribution in [3.8, 4) is 0 Å². The molecule has 0 aromatic heterocycles. The molecule has 0 aliphatic carbocycles. The fourth-order valence-corrected chi connectivity index (χ4v) is 2.99. The highest BCUT2D eigenvalue weighted by molar-refractivity contribution is 5.79. The summed E-state index contributed by atoms with van der Waals surface area (Å²) in [5.74, 6) is 0.521. The molecule has 1 aromatic rings. The van der Waals surface area contributed by atoms with E-state index in [-0.39, 0.29) is 23.8 Å². The smallest absolute Gasteiger partial charge is 0.223 e. The third kappa shape index (κ3) is 5.08. The van der Waals surface area contributed by atoms with E-state index in [1.807, 2.05) is 18.7 Å². The highest BCUT2D eigenvalue weighted by atomic mass is 16.2. The van der Waals surface area contributed by atoms with Crippen molar-refractivity contribution in [2.75, 3.05) is 13.1 Å². The van der Waals surface area contributed by atoms with E-state index in [0.717, 1.165) is 19.4 Å². The molecule has 0 radical (unpaired) electrons. The van der Waals surface area contributed by atoms with E-state index < -0.39 is 0 Å². The zero-order chi connectivity index (χ0) is 16.8. The van der Waals surface area contributed by atoms with Gasteiger partial charge in [0.15, 0.2) is 0 Å². The molecule has 1 N–H and O–H groups in total. The number of nitrogens with one attached hydrogen (secondary N) is 1. The molecule has 4 nitrogen and oxygen atoms in total. The van der Waals surface area contributed by atoms with Gasteiger partial charge in [-0.3, -0.25) is 9.59 Å². The van der Waals surface area contributed by atoms with Crippen LogP contribution in [0.3, 0.4) is 0 Å². The second-order valence-corrected chi connectivity index (χ2v) is 6.68. The van der Waals surface area contributed by atoms with Gasteiger partial charge >= 0.3 is 0 Å². The van der Waals surface area contributed by atoms with Gasteiger partial charge in [-0.2, -0.15) is 0 Å². The average Bonchev–Trinajstić information content (AvgIpc) is 2.92. The van der Waals surface area contributed by atoms with Gasteiger partial charge in [0.2, 0.25) is 11.8 Å². The van der Waals surface area contributed by atoms with Crippen molar-refractivity contribution in [2.45, 2.75) is 52.5 Å². The van der Waals surface area contributed by atoms with Crippen LogP contribution >= 0.6 is 0 Å². The summed E-state index contributed by atoms with van der Waals surface area (Å²) in [4.78, 5) is 25.7. The zero-order valence-corrected chi connectivity index (χ0v) is 14.5. The molecule has 4 heteroatoms. The minimum Gasteiger partial charge on any atom is -0.356 e. The summed E-state index contributed by atoms with van der Waals surface area (Å²) in [7, 11) is 0. The van der Waals surface area contributed by atoms with Crippen molar-refractivity contribution >= 4 is 11.8 Å². The van der Waals surface area contributed by atoms with Crippen molar-refractivity contribution in [3.63, 3.8) is 0 Å². The number of carbonyl (C=O) groups is 2. The minimum absolute atomic E-state index is 0.0695. The van der Waals surface area contributed by atoms with Gasteiger partial charge < -0.3 is 10.2 Å². The van der Waals surface area contributed by atoms with E-state index >= 15 is 0 Å². The molecule has 2 rings (SSSR count). The molecule has 1 saturated heterocycles. The topological polar surface area (TPSA) is 49.4 Å². The lowest BCUT2D eigenvalue weighted by Crippen LogP contribution is -2.34. The van der Waals surface area contributed by atoms with Gasteiger partial charge in [-0.15, -0.1) is 0 Å². The predicted molar refractivity (Wildman–Crippen MR) is 92.1 cm³/mol. The van der Waals surface area contributed by atoms with Crippen molar-refractivity contribution in [1.82, 2.24) is 10.2 Å². The first-order valence-electron chi connectivity index (χ1n) is 8.63. The van der Waals surface area contributed by atoms with Crippen LogP contribution in [0.5, 0.6) is 0 Å². The fourth-order valence-electron chi connectivity index (χ4n) is 2.99. The Morgan fingerprint density at radius 1 is 1.26 bits per heavy atom. The average molecular weight is 316 g/mol. The van der Waals surface area contributed by atoms with Crippen molar-refractivity contribution in [1.29, 1.82) is 0 Å². The summed E-state index contributed by atoms with van der Waals surface area (Å²) in [6, 6.07) is 8.69. The van der Waals surface area contributed by atoms with E-state index in [1.54, 1.807) is 0 Å². The van der Waals surface area contributed by atoms with Crippen LogP contribution in [-0.4, -0.2) is 35.8 Å². The molecule has 23 heavy (non-hydrogen) atoms. The van der Waals surface area contributed by atoms with Crippen molar-refractivity contribution < 1.29 is 9.59 Å². The van der Waals surface area contributed by atoms with Crippen LogP contribution in [0.15, 0.2) is 24.3 Å². The monoisotopic (exact) mass is 316 g/mol. The van der Waals surface area contributed by atoms with Gasteiger partial charge in [0, 0.05) is 37.9 Å². The Labute approximate surface area is 139 Å².